The van der Waals surface area contributed by atoms with E-state index in [0.29, 0.717) is 5.69 Å². The number of hydrogen-bond donors (Lipinski definition) is 2. The molecule has 11 heteroatoms. The number of benzene rings is 2. The molecule has 1 unspecified atom stereocenters. The molecule has 0 spiro atoms. The molecule has 176 valence electrons. The van der Waals surface area contributed by atoms with Gasteiger partial charge in [0.05, 0.1) is 18.4 Å². The largest absolute Gasteiger partial charge is 0.494 e. The van der Waals surface area contributed by atoms with Gasteiger partial charge in [-0.3, -0.25) is 14.4 Å². The molecule has 1 saturated heterocycles. The lowest BCUT2D eigenvalue weighted by molar-refractivity contribution is -0.137. The van der Waals surface area contributed by atoms with Crippen LogP contribution in [0, 0.1) is 0 Å². The van der Waals surface area contributed by atoms with Crippen LogP contribution >= 0.6 is 0 Å². The maximum atomic E-state index is 12.8. The summed E-state index contributed by atoms with van der Waals surface area (Å²) in [6.07, 6.45) is -4.01. The first-order valence-corrected chi connectivity index (χ1v) is 9.96. The molecule has 33 heavy (non-hydrogen) atoms. The second-order valence-electron chi connectivity index (χ2n) is 7.22. The third kappa shape index (κ3) is 5.73. The summed E-state index contributed by atoms with van der Waals surface area (Å²) < 4.78 is 49.0. The maximum absolute atomic E-state index is 12.8. The van der Waals surface area contributed by atoms with Gasteiger partial charge in [-0.25, -0.2) is 0 Å². The van der Waals surface area contributed by atoms with Crippen LogP contribution in [0.2, 0.25) is 0 Å². The molecule has 0 radical (unpaired) electrons. The maximum Gasteiger partial charge on any atom is 0.416 e. The smallest absolute Gasteiger partial charge is 0.416 e. The Morgan fingerprint density at radius 1 is 1.12 bits per heavy atom. The number of carbonyl (C=O) groups excluding carboxylic acids is 3. The Labute approximate surface area is 187 Å². The number of amides is 3. The Hall–Kier alpha value is -3.76. The quantitative estimate of drug-likeness (QED) is 0.655. The van der Waals surface area contributed by atoms with Crippen molar-refractivity contribution in [2.24, 2.45) is 0 Å². The summed E-state index contributed by atoms with van der Waals surface area (Å²) in [6, 6.07) is 7.90. The highest BCUT2D eigenvalue weighted by Gasteiger charge is 2.37. The number of anilines is 1. The average Bonchev–Trinajstić information content (AvgIpc) is 3.14. The number of carbonyl (C=O) groups is 3. The molecule has 2 N–H and O–H groups in total. The summed E-state index contributed by atoms with van der Waals surface area (Å²) >= 11 is 0. The van der Waals surface area contributed by atoms with Crippen LogP contribution in [-0.4, -0.2) is 49.4 Å². The van der Waals surface area contributed by atoms with E-state index >= 15 is 0 Å². The summed E-state index contributed by atoms with van der Waals surface area (Å²) in [5.41, 5.74) is -0.483. The second kappa shape index (κ2) is 9.80. The van der Waals surface area contributed by atoms with Gasteiger partial charge in [0.2, 0.25) is 17.7 Å². The number of nitrogens with zero attached hydrogens (tertiary/aromatic N) is 1. The van der Waals surface area contributed by atoms with E-state index in [1.54, 1.807) is 0 Å². The normalized spacial score (nSPS) is 15.8. The minimum absolute atomic E-state index is 0.159. The molecule has 3 rings (SSSR count). The molecule has 0 aliphatic carbocycles. The Balaban J connectivity index is 1.71. The Bertz CT molecular complexity index is 1040. The van der Waals surface area contributed by atoms with Crippen molar-refractivity contribution < 1.29 is 37.0 Å². The van der Waals surface area contributed by atoms with Crippen LogP contribution in [0.15, 0.2) is 42.5 Å². The van der Waals surface area contributed by atoms with E-state index < -0.39 is 23.7 Å². The first-order valence-electron chi connectivity index (χ1n) is 9.96. The Morgan fingerprint density at radius 3 is 2.39 bits per heavy atom. The van der Waals surface area contributed by atoms with Gasteiger partial charge in [0, 0.05) is 19.5 Å². The topological polar surface area (TPSA) is 97.0 Å². The molecule has 2 aromatic rings. The van der Waals surface area contributed by atoms with Gasteiger partial charge in [0.25, 0.3) is 0 Å². The minimum Gasteiger partial charge on any atom is -0.494 e. The van der Waals surface area contributed by atoms with E-state index in [0.717, 1.165) is 12.1 Å². The van der Waals surface area contributed by atoms with E-state index in [9.17, 15) is 27.6 Å². The van der Waals surface area contributed by atoms with Crippen LogP contribution < -0.4 is 20.1 Å². The molecule has 0 aromatic heterocycles. The van der Waals surface area contributed by atoms with Gasteiger partial charge in [0.15, 0.2) is 0 Å². The summed E-state index contributed by atoms with van der Waals surface area (Å²) in [6.45, 7) is -0.218. The SMILES string of the molecule is CNC(=O)CN1C(=O)CCC1C(=O)Nc1ccc(Oc2ccc(C(F)(F)F)cc2)cc1OC. The third-order valence-corrected chi connectivity index (χ3v) is 5.07. The molecule has 8 nitrogen and oxygen atoms in total. The zero-order valence-electron chi connectivity index (χ0n) is 17.9. The summed E-state index contributed by atoms with van der Waals surface area (Å²) in [7, 11) is 2.82. The second-order valence-corrected chi connectivity index (χ2v) is 7.22. The number of hydrogen-bond acceptors (Lipinski definition) is 5. The summed E-state index contributed by atoms with van der Waals surface area (Å²) in [5, 5.41) is 5.11. The van der Waals surface area contributed by atoms with E-state index in [1.807, 2.05) is 0 Å². The van der Waals surface area contributed by atoms with Crippen LogP contribution in [0.1, 0.15) is 18.4 Å². The van der Waals surface area contributed by atoms with Gasteiger partial charge in [-0.15, -0.1) is 0 Å². The fourth-order valence-corrected chi connectivity index (χ4v) is 3.34. The zero-order valence-corrected chi connectivity index (χ0v) is 17.9. The highest BCUT2D eigenvalue weighted by Crippen LogP contribution is 2.34. The Kier molecular flexibility index (Phi) is 7.10. The molecule has 1 aliphatic rings. The molecule has 1 aliphatic heterocycles. The minimum atomic E-state index is -4.44. The van der Waals surface area contributed by atoms with Gasteiger partial charge < -0.3 is 25.0 Å². The number of alkyl halides is 3. The van der Waals surface area contributed by atoms with Gasteiger partial charge >= 0.3 is 6.18 Å². The number of rotatable bonds is 7. The van der Waals surface area contributed by atoms with Crippen molar-refractivity contribution in [3.05, 3.63) is 48.0 Å². The summed E-state index contributed by atoms with van der Waals surface area (Å²) in [5.74, 6) is -0.427. The number of ether oxygens (including phenoxy) is 2. The fourth-order valence-electron chi connectivity index (χ4n) is 3.34. The van der Waals surface area contributed by atoms with Crippen molar-refractivity contribution in [3.63, 3.8) is 0 Å². The molecule has 2 aromatic carbocycles. The van der Waals surface area contributed by atoms with E-state index in [2.05, 4.69) is 10.6 Å². The summed E-state index contributed by atoms with van der Waals surface area (Å²) in [4.78, 5) is 37.7. The van der Waals surface area contributed by atoms with E-state index in [-0.39, 0.29) is 48.4 Å². The first kappa shape index (κ1) is 23.9. The highest BCUT2D eigenvalue weighted by atomic mass is 19.4. The lowest BCUT2D eigenvalue weighted by Crippen LogP contribution is -2.46. The van der Waals surface area contributed by atoms with Gasteiger partial charge in [-0.2, -0.15) is 13.2 Å². The molecule has 0 bridgehead atoms. The van der Waals surface area contributed by atoms with Crippen LogP contribution in [0.4, 0.5) is 18.9 Å². The number of nitrogens with one attached hydrogen (secondary N) is 2. The van der Waals surface area contributed by atoms with Crippen LogP contribution in [-0.2, 0) is 20.6 Å². The van der Waals surface area contributed by atoms with Crippen molar-refractivity contribution in [2.45, 2.75) is 25.1 Å². The number of likely N-dealkylation sites (N-methyl/N-ethyl adjacent to an activating group) is 1. The number of methoxy groups -OCH3 is 1. The molecule has 3 amide bonds. The average molecular weight is 465 g/mol. The molecule has 1 heterocycles. The molecule has 1 atom stereocenters. The standard InChI is InChI=1S/C22H22F3N3O5/c1-26-19(29)12-28-17(9-10-20(28)30)21(31)27-16-8-7-15(11-18(16)32-2)33-14-5-3-13(4-6-14)22(23,24)25/h3-8,11,17H,9-10,12H2,1-2H3,(H,26,29)(H,27,31). The first-order chi connectivity index (χ1) is 15.6. The van der Waals surface area contributed by atoms with Crippen LogP contribution in [0.25, 0.3) is 0 Å². The third-order valence-electron chi connectivity index (χ3n) is 5.07. The van der Waals surface area contributed by atoms with Crippen molar-refractivity contribution >= 4 is 23.4 Å². The molecule has 1 fully saturated rings. The van der Waals surface area contributed by atoms with Gasteiger partial charge in [0.1, 0.15) is 29.8 Å². The predicted octanol–water partition coefficient (Wildman–Crippen LogP) is 3.18. The number of halogens is 3. The molecule has 0 saturated carbocycles. The van der Waals surface area contributed by atoms with Crippen molar-refractivity contribution in [1.82, 2.24) is 10.2 Å². The fraction of sp³-hybridized carbons (Fsp3) is 0.318. The van der Waals surface area contributed by atoms with Crippen molar-refractivity contribution in [3.8, 4) is 17.2 Å². The lowest BCUT2D eigenvalue weighted by atomic mass is 10.2. The number of likely N-dealkylation sites (tertiary alicyclic amines) is 1. The van der Waals surface area contributed by atoms with Crippen molar-refractivity contribution in [1.29, 1.82) is 0 Å². The monoisotopic (exact) mass is 465 g/mol. The Morgan fingerprint density at radius 2 is 1.79 bits per heavy atom. The predicted molar refractivity (Wildman–Crippen MR) is 112 cm³/mol. The molecular weight excluding hydrogens is 443 g/mol. The lowest BCUT2D eigenvalue weighted by Gasteiger charge is -2.23. The van der Waals surface area contributed by atoms with Gasteiger partial charge in [-0.1, -0.05) is 0 Å². The van der Waals surface area contributed by atoms with Crippen molar-refractivity contribution in [2.75, 3.05) is 26.0 Å². The highest BCUT2D eigenvalue weighted by molar-refractivity contribution is 6.01. The van der Waals surface area contributed by atoms with Gasteiger partial charge in [-0.05, 0) is 42.8 Å². The zero-order chi connectivity index (χ0) is 24.2. The van der Waals surface area contributed by atoms with E-state index in [4.69, 9.17) is 9.47 Å². The van der Waals surface area contributed by atoms with Crippen LogP contribution in [0.3, 0.4) is 0 Å². The molecular formula is C22H22F3N3O5. The van der Waals surface area contributed by atoms with Crippen LogP contribution in [0.5, 0.6) is 17.2 Å². The van der Waals surface area contributed by atoms with E-state index in [1.165, 1.54) is 49.4 Å².